The lowest BCUT2D eigenvalue weighted by molar-refractivity contribution is -0.142. The van der Waals surface area contributed by atoms with E-state index in [1.54, 1.807) is 12.1 Å². The lowest BCUT2D eigenvalue weighted by Gasteiger charge is -2.26. The predicted octanol–water partition coefficient (Wildman–Crippen LogP) is 7.11. The van der Waals surface area contributed by atoms with E-state index >= 15 is 0 Å². The maximum atomic E-state index is 11.9. The number of hydrogen-bond donors (Lipinski definition) is 1. The van der Waals surface area contributed by atoms with E-state index in [1.807, 2.05) is 71.0 Å². The zero-order valence-electron chi connectivity index (χ0n) is 19.1. The molecule has 2 aromatic carbocycles. The van der Waals surface area contributed by atoms with Gasteiger partial charge < -0.3 is 9.84 Å². The standard InChI is InChI=1S/C20H24O3.C3H8.C2H6/c1-19(2,3)18(22)23-17-12-8-15(9-13-17)20(4,5)14-6-10-16(21)11-7-14;1-3-2;1-2/h6-13,21H,1-5H3;3H2,1-2H3;1-2H3. The second kappa shape index (κ2) is 11.5. The summed E-state index contributed by atoms with van der Waals surface area (Å²) in [7, 11) is 0. The van der Waals surface area contributed by atoms with Gasteiger partial charge >= 0.3 is 5.97 Å². The second-order valence-electron chi connectivity index (χ2n) is 8.04. The van der Waals surface area contributed by atoms with E-state index in [9.17, 15) is 9.90 Å². The third kappa shape index (κ3) is 7.75. The van der Waals surface area contributed by atoms with E-state index in [2.05, 4.69) is 27.7 Å². The summed E-state index contributed by atoms with van der Waals surface area (Å²) in [5.41, 5.74) is 1.48. The van der Waals surface area contributed by atoms with Gasteiger partial charge in [-0.1, -0.05) is 72.2 Å². The molecule has 0 aliphatic heterocycles. The fraction of sp³-hybridized carbons (Fsp3) is 0.480. The number of esters is 1. The van der Waals surface area contributed by atoms with E-state index < -0.39 is 5.41 Å². The number of ether oxygens (including phenoxy) is 1. The minimum atomic E-state index is -0.524. The summed E-state index contributed by atoms with van der Waals surface area (Å²) in [6, 6.07) is 14.8. The Morgan fingerprint density at radius 3 is 1.54 bits per heavy atom. The van der Waals surface area contributed by atoms with Crippen molar-refractivity contribution in [3.8, 4) is 11.5 Å². The van der Waals surface area contributed by atoms with Gasteiger partial charge in [0.2, 0.25) is 0 Å². The summed E-state index contributed by atoms with van der Waals surface area (Å²) in [5, 5.41) is 9.43. The van der Waals surface area contributed by atoms with E-state index in [-0.39, 0.29) is 17.1 Å². The number of carbonyl (C=O) groups is 1. The molecule has 1 N–H and O–H groups in total. The number of benzene rings is 2. The van der Waals surface area contributed by atoms with Crippen LogP contribution in [0.4, 0.5) is 0 Å². The van der Waals surface area contributed by atoms with Gasteiger partial charge in [-0.15, -0.1) is 0 Å². The molecule has 0 saturated heterocycles. The molecule has 0 saturated carbocycles. The van der Waals surface area contributed by atoms with Crippen molar-refractivity contribution in [2.75, 3.05) is 0 Å². The normalized spacial score (nSPS) is 10.8. The molecule has 2 rings (SSSR count). The maximum absolute atomic E-state index is 11.9. The summed E-state index contributed by atoms with van der Waals surface area (Å²) >= 11 is 0. The molecule has 2 aromatic rings. The van der Waals surface area contributed by atoms with Crippen LogP contribution in [0.15, 0.2) is 48.5 Å². The highest BCUT2D eigenvalue weighted by Crippen LogP contribution is 2.33. The average molecular weight is 387 g/mol. The van der Waals surface area contributed by atoms with Gasteiger partial charge in [-0.25, -0.2) is 0 Å². The highest BCUT2D eigenvalue weighted by Gasteiger charge is 2.25. The molecule has 0 unspecified atom stereocenters. The maximum Gasteiger partial charge on any atom is 0.316 e. The summed E-state index contributed by atoms with van der Waals surface area (Å²) in [4.78, 5) is 11.9. The van der Waals surface area contributed by atoms with Gasteiger partial charge in [0.25, 0.3) is 0 Å². The van der Waals surface area contributed by atoms with Crippen LogP contribution in [-0.2, 0) is 10.2 Å². The molecule has 0 spiro atoms. The van der Waals surface area contributed by atoms with Crippen LogP contribution in [0.25, 0.3) is 0 Å². The predicted molar refractivity (Wildman–Crippen MR) is 119 cm³/mol. The van der Waals surface area contributed by atoms with Crippen LogP contribution < -0.4 is 4.74 Å². The SMILES string of the molecule is CC.CC(C)(C)C(=O)Oc1ccc(C(C)(C)c2ccc(O)cc2)cc1.CCC. The molecule has 0 aliphatic carbocycles. The number of carbonyl (C=O) groups excluding carboxylic acids is 1. The summed E-state index contributed by atoms with van der Waals surface area (Å²) in [5.74, 6) is 0.562. The Morgan fingerprint density at radius 1 is 0.821 bits per heavy atom. The van der Waals surface area contributed by atoms with Crippen molar-refractivity contribution in [3.05, 3.63) is 59.7 Å². The Bertz CT molecular complexity index is 690. The summed E-state index contributed by atoms with van der Waals surface area (Å²) in [6.07, 6.45) is 1.25. The first-order valence-corrected chi connectivity index (χ1v) is 10.1. The molecule has 0 radical (unpaired) electrons. The van der Waals surface area contributed by atoms with Crippen molar-refractivity contribution in [2.24, 2.45) is 5.41 Å². The van der Waals surface area contributed by atoms with Crippen LogP contribution >= 0.6 is 0 Å². The van der Waals surface area contributed by atoms with Gasteiger partial charge in [0, 0.05) is 5.41 Å². The van der Waals surface area contributed by atoms with Gasteiger partial charge in [-0.2, -0.15) is 0 Å². The number of aromatic hydroxyl groups is 1. The molecule has 0 heterocycles. The van der Waals surface area contributed by atoms with Crippen LogP contribution in [0.2, 0.25) is 0 Å². The quantitative estimate of drug-likeness (QED) is 0.451. The van der Waals surface area contributed by atoms with Crippen LogP contribution in [-0.4, -0.2) is 11.1 Å². The van der Waals surface area contributed by atoms with Crippen molar-refractivity contribution in [3.63, 3.8) is 0 Å². The van der Waals surface area contributed by atoms with Crippen molar-refractivity contribution in [2.45, 2.75) is 74.1 Å². The molecule has 3 heteroatoms. The van der Waals surface area contributed by atoms with Crippen LogP contribution in [0.3, 0.4) is 0 Å². The first-order valence-electron chi connectivity index (χ1n) is 10.1. The molecule has 0 bridgehead atoms. The number of phenols is 1. The Kier molecular flexibility index (Phi) is 10.6. The molecule has 0 amide bonds. The van der Waals surface area contributed by atoms with E-state index in [1.165, 1.54) is 6.42 Å². The summed E-state index contributed by atoms with van der Waals surface area (Å²) in [6.45, 7) is 18.0. The van der Waals surface area contributed by atoms with Crippen LogP contribution in [0.5, 0.6) is 11.5 Å². The molecule has 28 heavy (non-hydrogen) atoms. The van der Waals surface area contributed by atoms with Gasteiger partial charge in [0.05, 0.1) is 5.41 Å². The molecule has 0 fully saturated rings. The zero-order valence-corrected chi connectivity index (χ0v) is 19.1. The van der Waals surface area contributed by atoms with Gasteiger partial charge in [0.1, 0.15) is 11.5 Å². The first kappa shape index (κ1) is 25.7. The Labute approximate surface area is 171 Å². The average Bonchev–Trinajstić information content (AvgIpc) is 2.64. The number of hydrogen-bond acceptors (Lipinski definition) is 3. The zero-order chi connectivity index (χ0) is 22.0. The van der Waals surface area contributed by atoms with Crippen LogP contribution in [0, 0.1) is 5.41 Å². The Balaban J connectivity index is 0.00000133. The highest BCUT2D eigenvalue weighted by atomic mass is 16.5. The van der Waals surface area contributed by atoms with Crippen LogP contribution in [0.1, 0.15) is 79.9 Å². The van der Waals surface area contributed by atoms with Gasteiger partial charge in [-0.3, -0.25) is 4.79 Å². The molecule has 156 valence electrons. The smallest absolute Gasteiger partial charge is 0.316 e. The van der Waals surface area contributed by atoms with Gasteiger partial charge in [0.15, 0.2) is 0 Å². The molecular weight excluding hydrogens is 348 g/mol. The van der Waals surface area contributed by atoms with Crippen molar-refractivity contribution in [1.82, 2.24) is 0 Å². The summed E-state index contributed by atoms with van der Waals surface area (Å²) < 4.78 is 5.40. The molecular formula is C25H38O3. The molecule has 0 aliphatic rings. The van der Waals surface area contributed by atoms with Gasteiger partial charge in [-0.05, 0) is 56.2 Å². The molecule has 0 aromatic heterocycles. The third-order valence-corrected chi connectivity index (χ3v) is 3.99. The molecule has 3 nitrogen and oxygen atoms in total. The first-order chi connectivity index (χ1) is 13.0. The largest absolute Gasteiger partial charge is 0.508 e. The Hall–Kier alpha value is -2.29. The third-order valence-electron chi connectivity index (χ3n) is 3.99. The lowest BCUT2D eigenvalue weighted by Crippen LogP contribution is -2.25. The topological polar surface area (TPSA) is 46.5 Å². The van der Waals surface area contributed by atoms with Crippen molar-refractivity contribution >= 4 is 5.97 Å². The number of rotatable bonds is 3. The number of phenolic OH excluding ortho intramolecular Hbond substituents is 1. The highest BCUT2D eigenvalue weighted by molar-refractivity contribution is 5.77. The van der Waals surface area contributed by atoms with E-state index in [4.69, 9.17) is 4.74 Å². The van der Waals surface area contributed by atoms with E-state index in [0.29, 0.717) is 5.75 Å². The van der Waals surface area contributed by atoms with Crippen molar-refractivity contribution < 1.29 is 14.6 Å². The van der Waals surface area contributed by atoms with Crippen molar-refractivity contribution in [1.29, 1.82) is 0 Å². The van der Waals surface area contributed by atoms with E-state index in [0.717, 1.165) is 11.1 Å². The second-order valence-corrected chi connectivity index (χ2v) is 8.04. The fourth-order valence-electron chi connectivity index (χ4n) is 2.24. The Morgan fingerprint density at radius 2 is 1.18 bits per heavy atom. The lowest BCUT2D eigenvalue weighted by atomic mass is 9.78. The minimum Gasteiger partial charge on any atom is -0.508 e. The monoisotopic (exact) mass is 386 g/mol. The minimum absolute atomic E-state index is 0.208. The fourth-order valence-corrected chi connectivity index (χ4v) is 2.24. The molecule has 0 atom stereocenters.